The second-order valence-electron chi connectivity index (χ2n) is 8.43. The molecule has 0 aromatic carbocycles. The quantitative estimate of drug-likeness (QED) is 0.358. The van der Waals surface area contributed by atoms with Crippen LogP contribution in [0.2, 0.25) is 0 Å². The van der Waals surface area contributed by atoms with Crippen molar-refractivity contribution in [1.29, 1.82) is 0 Å². The maximum Gasteiger partial charge on any atom is 0.333 e. The molecule has 0 aliphatic heterocycles. The third kappa shape index (κ3) is 3.48. The van der Waals surface area contributed by atoms with Gasteiger partial charge in [0.15, 0.2) is 0 Å². The van der Waals surface area contributed by atoms with Crippen LogP contribution in [0.5, 0.6) is 0 Å². The highest BCUT2D eigenvalue weighted by Crippen LogP contribution is 2.61. The zero-order valence-corrected chi connectivity index (χ0v) is 15.7. The molecule has 0 amide bonds. The van der Waals surface area contributed by atoms with Crippen LogP contribution in [0.15, 0.2) is 23.8 Å². The van der Waals surface area contributed by atoms with Gasteiger partial charge in [-0.3, -0.25) is 0 Å². The summed E-state index contributed by atoms with van der Waals surface area (Å²) in [6, 6.07) is 0. The van der Waals surface area contributed by atoms with E-state index in [0.717, 1.165) is 24.8 Å². The summed E-state index contributed by atoms with van der Waals surface area (Å²) in [7, 11) is 0. The van der Waals surface area contributed by atoms with Gasteiger partial charge in [-0.05, 0) is 49.4 Å². The minimum Gasteiger partial charge on any atom is -0.478 e. The lowest BCUT2D eigenvalue weighted by Gasteiger charge is -2.59. The maximum atomic E-state index is 11.4. The van der Waals surface area contributed by atoms with E-state index in [9.17, 15) is 25.2 Å². The van der Waals surface area contributed by atoms with Gasteiger partial charge >= 0.3 is 5.97 Å². The highest BCUT2D eigenvalue weighted by Gasteiger charge is 2.57. The van der Waals surface area contributed by atoms with E-state index in [0.29, 0.717) is 12.8 Å². The van der Waals surface area contributed by atoms with E-state index >= 15 is 0 Å². The molecule has 2 saturated carbocycles. The van der Waals surface area contributed by atoms with E-state index in [-0.39, 0.29) is 29.4 Å². The monoisotopic (exact) mass is 368 g/mol. The zero-order valence-electron chi connectivity index (χ0n) is 15.7. The molecule has 0 heterocycles. The number of aliphatic carboxylic acids is 1. The van der Waals surface area contributed by atoms with Gasteiger partial charge in [-0.15, -0.1) is 0 Å². The summed E-state index contributed by atoms with van der Waals surface area (Å²) in [6.07, 6.45) is 2.90. The average molecular weight is 368 g/mol. The summed E-state index contributed by atoms with van der Waals surface area (Å²) in [5, 5.41) is 48.6. The van der Waals surface area contributed by atoms with Gasteiger partial charge < -0.3 is 25.5 Å². The van der Waals surface area contributed by atoms with Gasteiger partial charge in [0, 0.05) is 5.41 Å². The van der Waals surface area contributed by atoms with Crippen molar-refractivity contribution in [2.45, 2.75) is 58.2 Å². The maximum absolute atomic E-state index is 11.4. The van der Waals surface area contributed by atoms with Crippen LogP contribution in [-0.4, -0.2) is 56.9 Å². The molecule has 2 unspecified atom stereocenters. The van der Waals surface area contributed by atoms with E-state index in [4.69, 9.17) is 5.11 Å². The lowest BCUT2D eigenvalue weighted by atomic mass is 9.46. The van der Waals surface area contributed by atoms with Crippen molar-refractivity contribution in [1.82, 2.24) is 0 Å². The third-order valence-corrected chi connectivity index (χ3v) is 7.05. The lowest BCUT2D eigenvalue weighted by molar-refractivity contribution is -0.151. The van der Waals surface area contributed by atoms with Crippen LogP contribution in [-0.2, 0) is 4.79 Å². The number of rotatable bonds is 6. The number of aliphatic hydroxyl groups excluding tert-OH is 4. The summed E-state index contributed by atoms with van der Waals surface area (Å²) < 4.78 is 0. The van der Waals surface area contributed by atoms with Crippen LogP contribution < -0.4 is 0 Å². The third-order valence-electron chi connectivity index (χ3n) is 7.05. The molecule has 6 nitrogen and oxygen atoms in total. The molecule has 26 heavy (non-hydrogen) atoms. The molecule has 2 aliphatic rings. The number of hydrogen-bond donors (Lipinski definition) is 5. The SMILES string of the molecule is C=C1CC[C@H]2[C@@](C)(CCC(O)[C@@]2(C)CO)[C@@H]1C/C=C(/C(=O)O)C(O)CO. The zero-order chi connectivity index (χ0) is 19.7. The van der Waals surface area contributed by atoms with Crippen LogP contribution in [0.3, 0.4) is 0 Å². The predicted octanol–water partition coefficient (Wildman–Crippen LogP) is 1.48. The Kier molecular flexibility index (Phi) is 6.33. The van der Waals surface area contributed by atoms with Gasteiger partial charge in [0.1, 0.15) is 6.10 Å². The van der Waals surface area contributed by atoms with Crippen molar-refractivity contribution in [3.8, 4) is 0 Å². The first-order valence-corrected chi connectivity index (χ1v) is 9.30. The van der Waals surface area contributed by atoms with Crippen molar-refractivity contribution < 1.29 is 30.3 Å². The molecule has 0 radical (unpaired) electrons. The molecule has 148 valence electrons. The van der Waals surface area contributed by atoms with Crippen LogP contribution >= 0.6 is 0 Å². The van der Waals surface area contributed by atoms with E-state index in [1.54, 1.807) is 0 Å². The highest BCUT2D eigenvalue weighted by atomic mass is 16.4. The van der Waals surface area contributed by atoms with Crippen LogP contribution in [0, 0.1) is 22.7 Å². The van der Waals surface area contributed by atoms with Gasteiger partial charge in [-0.25, -0.2) is 4.79 Å². The summed E-state index contributed by atoms with van der Waals surface area (Å²) in [5.41, 5.74) is 0.0402. The summed E-state index contributed by atoms with van der Waals surface area (Å²) in [6.45, 7) is 7.54. The van der Waals surface area contributed by atoms with Crippen LogP contribution in [0.25, 0.3) is 0 Å². The standard InChI is InChI=1S/C20H32O6/c1-12-4-7-16-19(2,9-8-17(24)20(16,3)11-22)14(12)6-5-13(18(25)26)15(23)10-21/h5,14-17,21-24H,1,4,6-11H2,2-3H3,(H,25,26)/b13-5+/t14-,15?,16+,17?,19+,20+/m1/s1. The Labute approximate surface area is 154 Å². The Morgan fingerprint density at radius 1 is 1.35 bits per heavy atom. The molecule has 2 fully saturated rings. The molecule has 2 rings (SSSR count). The Hall–Kier alpha value is -1.21. The van der Waals surface area contributed by atoms with Crippen LogP contribution in [0.1, 0.15) is 46.0 Å². The largest absolute Gasteiger partial charge is 0.478 e. The summed E-state index contributed by atoms with van der Waals surface area (Å²) in [4.78, 5) is 11.4. The fourth-order valence-electron chi connectivity index (χ4n) is 5.34. The van der Waals surface area contributed by atoms with Gasteiger partial charge in [-0.1, -0.05) is 32.1 Å². The Balaban J connectivity index is 2.35. The molecule has 0 saturated heterocycles. The molecule has 0 aromatic rings. The van der Waals surface area contributed by atoms with Gasteiger partial charge in [-0.2, -0.15) is 0 Å². The van der Waals surface area contributed by atoms with Crippen LogP contribution in [0.4, 0.5) is 0 Å². The normalized spacial score (nSPS) is 39.4. The van der Waals surface area contributed by atoms with Crippen molar-refractivity contribution in [2.75, 3.05) is 13.2 Å². The fraction of sp³-hybridized carbons (Fsp3) is 0.750. The predicted molar refractivity (Wildman–Crippen MR) is 97.3 cm³/mol. The minimum atomic E-state index is -1.41. The Morgan fingerprint density at radius 3 is 2.54 bits per heavy atom. The molecule has 2 aliphatic carbocycles. The average Bonchev–Trinajstić information content (AvgIpc) is 2.60. The minimum absolute atomic E-state index is 0.000122. The molecule has 0 aromatic heterocycles. The van der Waals surface area contributed by atoms with Crippen molar-refractivity contribution >= 4 is 5.97 Å². The molecule has 6 atom stereocenters. The Morgan fingerprint density at radius 2 is 2.00 bits per heavy atom. The number of allylic oxidation sites excluding steroid dienone is 2. The second-order valence-corrected chi connectivity index (χ2v) is 8.43. The number of carbonyl (C=O) groups is 1. The molecular weight excluding hydrogens is 336 g/mol. The highest BCUT2D eigenvalue weighted by molar-refractivity contribution is 5.87. The van der Waals surface area contributed by atoms with Gasteiger partial charge in [0.05, 0.1) is 24.9 Å². The van der Waals surface area contributed by atoms with E-state index in [2.05, 4.69) is 13.5 Å². The molecule has 0 bridgehead atoms. The topological polar surface area (TPSA) is 118 Å². The van der Waals surface area contributed by atoms with Gasteiger partial charge in [0.25, 0.3) is 0 Å². The fourth-order valence-corrected chi connectivity index (χ4v) is 5.34. The first kappa shape index (κ1) is 21.1. The number of carboxylic acids is 1. The Bertz CT molecular complexity index is 585. The molecule has 6 heteroatoms. The van der Waals surface area contributed by atoms with Gasteiger partial charge in [0.2, 0.25) is 0 Å². The van der Waals surface area contributed by atoms with E-state index in [1.807, 2.05) is 6.92 Å². The number of carboxylic acid groups (broad SMARTS) is 1. The number of aliphatic hydroxyl groups is 4. The molecule has 0 spiro atoms. The molecular formula is C20H32O6. The number of fused-ring (bicyclic) bond motifs is 1. The number of hydrogen-bond acceptors (Lipinski definition) is 5. The smallest absolute Gasteiger partial charge is 0.333 e. The van der Waals surface area contributed by atoms with E-state index < -0.39 is 30.2 Å². The van der Waals surface area contributed by atoms with Crippen molar-refractivity contribution in [2.24, 2.45) is 22.7 Å². The first-order valence-electron chi connectivity index (χ1n) is 9.30. The lowest BCUT2D eigenvalue weighted by Crippen LogP contribution is -2.57. The summed E-state index contributed by atoms with van der Waals surface area (Å²) >= 11 is 0. The second kappa shape index (κ2) is 7.80. The van der Waals surface area contributed by atoms with E-state index in [1.165, 1.54) is 6.08 Å². The van der Waals surface area contributed by atoms with Crippen molar-refractivity contribution in [3.05, 3.63) is 23.8 Å². The molecule has 5 N–H and O–H groups in total. The first-order chi connectivity index (χ1) is 12.1. The summed E-state index contributed by atoms with van der Waals surface area (Å²) in [5.74, 6) is -1.14. The van der Waals surface area contributed by atoms with Crippen molar-refractivity contribution in [3.63, 3.8) is 0 Å².